The van der Waals surface area contributed by atoms with E-state index in [1.54, 1.807) is 38.4 Å². The number of Topliss-reactive ketones (excluding diaryl/α,β-unsaturated/α-hetero) is 1. The molecule has 5 aromatic rings. The van der Waals surface area contributed by atoms with E-state index >= 15 is 0 Å². The number of halogens is 3. The molecule has 0 spiro atoms. The van der Waals surface area contributed by atoms with Crippen LogP contribution in [-0.2, 0) is 6.54 Å². The first-order chi connectivity index (χ1) is 18.8. The number of amides is 1. The molecule has 0 unspecified atom stereocenters. The van der Waals surface area contributed by atoms with Crippen molar-refractivity contribution in [3.8, 4) is 0 Å². The molecule has 0 bridgehead atoms. The predicted octanol–water partition coefficient (Wildman–Crippen LogP) is 5.58. The van der Waals surface area contributed by atoms with Crippen molar-refractivity contribution in [2.45, 2.75) is 25.4 Å². The molecular weight excluding hydrogens is 526 g/mol. The third-order valence-electron chi connectivity index (χ3n) is 7.36. The van der Waals surface area contributed by atoms with Gasteiger partial charge in [-0.05, 0) is 55.3 Å². The molecule has 2 aromatic heterocycles. The summed E-state index contributed by atoms with van der Waals surface area (Å²) in [4.78, 5) is 43.8. The van der Waals surface area contributed by atoms with Crippen LogP contribution in [0.3, 0.4) is 0 Å². The average Bonchev–Trinajstić information content (AvgIpc) is 3.46. The maximum atomic E-state index is 14.2. The number of H-pyrrole nitrogens is 1. The lowest BCUT2D eigenvalue weighted by atomic mass is 10.0. The Labute approximate surface area is 226 Å². The van der Waals surface area contributed by atoms with Gasteiger partial charge < -0.3 is 14.5 Å². The van der Waals surface area contributed by atoms with Crippen LogP contribution in [0.25, 0.3) is 21.9 Å². The van der Waals surface area contributed by atoms with Crippen molar-refractivity contribution in [3.05, 3.63) is 105 Å². The summed E-state index contributed by atoms with van der Waals surface area (Å²) in [6.07, 6.45) is 2.78. The van der Waals surface area contributed by atoms with Gasteiger partial charge in [0.1, 0.15) is 11.6 Å². The van der Waals surface area contributed by atoms with Crippen molar-refractivity contribution in [3.63, 3.8) is 0 Å². The number of nitrogens with one attached hydrogen (secondary N) is 1. The van der Waals surface area contributed by atoms with Gasteiger partial charge in [-0.2, -0.15) is 0 Å². The van der Waals surface area contributed by atoms with E-state index in [2.05, 4.69) is 4.98 Å². The number of hydrogen-bond acceptors (Lipinski definition) is 3. The molecule has 0 saturated carbocycles. The molecule has 10 heteroatoms. The van der Waals surface area contributed by atoms with Gasteiger partial charge >= 0.3 is 5.69 Å². The summed E-state index contributed by atoms with van der Waals surface area (Å²) in [5.41, 5.74) is 2.02. The topological polar surface area (TPSA) is 80.1 Å². The fraction of sp³-hybridized carbons (Fsp3) is 0.207. The minimum Gasteiger partial charge on any atom is -0.339 e. The van der Waals surface area contributed by atoms with Crippen molar-refractivity contribution in [1.29, 1.82) is 0 Å². The molecule has 1 fully saturated rings. The first-order valence-corrected chi connectivity index (χ1v) is 12.9. The quantitative estimate of drug-likeness (QED) is 0.291. The summed E-state index contributed by atoms with van der Waals surface area (Å²) < 4.78 is 31.2. The lowest BCUT2D eigenvalue weighted by molar-refractivity contribution is 0.0696. The molecule has 1 aliphatic rings. The number of piperidine rings is 1. The van der Waals surface area contributed by atoms with Crippen LogP contribution >= 0.6 is 11.6 Å². The summed E-state index contributed by atoms with van der Waals surface area (Å²) in [6.45, 7) is 0.600. The predicted molar refractivity (Wildman–Crippen MR) is 144 cm³/mol. The zero-order valence-electron chi connectivity index (χ0n) is 20.7. The van der Waals surface area contributed by atoms with Gasteiger partial charge in [-0.1, -0.05) is 29.8 Å². The molecule has 1 aliphatic heterocycles. The number of nitrogens with zero attached hydrogens (tertiary/aromatic N) is 3. The molecule has 1 N–H and O–H groups in total. The van der Waals surface area contributed by atoms with E-state index in [4.69, 9.17) is 11.6 Å². The van der Waals surface area contributed by atoms with E-state index < -0.39 is 17.4 Å². The summed E-state index contributed by atoms with van der Waals surface area (Å²) in [7, 11) is 0. The largest absolute Gasteiger partial charge is 0.339 e. The standard InChI is InChI=1S/C29H23ClF2N4O3/c30-17-5-7-20-22(15-35(26(20)13-17)16-27(37)21-14-18(31)6-8-23(21)32)28(38)34-11-9-19(10-12-34)36-25-4-2-1-3-24(25)33-29(36)39/h1-8,13-15,19H,9-12,16H2,(H,33,39). The van der Waals surface area contributed by atoms with Crippen LogP contribution in [0.4, 0.5) is 8.78 Å². The number of imidazole rings is 1. The Morgan fingerprint density at radius 3 is 2.51 bits per heavy atom. The zero-order valence-corrected chi connectivity index (χ0v) is 21.4. The first kappa shape index (κ1) is 25.1. The van der Waals surface area contributed by atoms with Gasteiger partial charge in [0.05, 0.1) is 34.2 Å². The highest BCUT2D eigenvalue weighted by Gasteiger charge is 2.28. The number of hydrogen-bond donors (Lipinski definition) is 1. The summed E-state index contributed by atoms with van der Waals surface area (Å²) in [6, 6.07) is 15.2. The van der Waals surface area contributed by atoms with Gasteiger partial charge in [0.15, 0.2) is 5.78 Å². The van der Waals surface area contributed by atoms with Gasteiger partial charge in [0.25, 0.3) is 5.91 Å². The van der Waals surface area contributed by atoms with Crippen molar-refractivity contribution < 1.29 is 18.4 Å². The van der Waals surface area contributed by atoms with Crippen LogP contribution in [0, 0.1) is 11.6 Å². The maximum Gasteiger partial charge on any atom is 0.326 e. The van der Waals surface area contributed by atoms with E-state index in [1.807, 2.05) is 24.3 Å². The normalized spacial score (nSPS) is 14.4. The fourth-order valence-electron chi connectivity index (χ4n) is 5.45. The number of para-hydroxylation sites is 2. The highest BCUT2D eigenvalue weighted by molar-refractivity contribution is 6.31. The molecule has 3 heterocycles. The smallest absolute Gasteiger partial charge is 0.326 e. The second-order valence-corrected chi connectivity index (χ2v) is 10.2. The van der Waals surface area contributed by atoms with Crippen LogP contribution in [0.15, 0.2) is 71.7 Å². The van der Waals surface area contributed by atoms with E-state index in [0.29, 0.717) is 47.4 Å². The summed E-state index contributed by atoms with van der Waals surface area (Å²) in [5, 5.41) is 1.02. The fourth-order valence-corrected chi connectivity index (χ4v) is 5.62. The number of carbonyl (C=O) groups is 2. The van der Waals surface area contributed by atoms with E-state index in [1.165, 1.54) is 0 Å². The Bertz CT molecular complexity index is 1810. The minimum atomic E-state index is -0.815. The van der Waals surface area contributed by atoms with E-state index in [-0.39, 0.29) is 29.7 Å². The minimum absolute atomic E-state index is 0.0448. The molecule has 198 valence electrons. The molecule has 7 nitrogen and oxygen atoms in total. The van der Waals surface area contributed by atoms with Crippen molar-refractivity contribution in [2.75, 3.05) is 13.1 Å². The number of rotatable bonds is 5. The number of aromatic amines is 1. The SMILES string of the molecule is O=C(Cn1cc(C(=O)N2CCC(n3c(=O)[nH]c4ccccc43)CC2)c2ccc(Cl)cc21)c1cc(F)ccc1F. The van der Waals surface area contributed by atoms with Crippen LogP contribution < -0.4 is 5.69 Å². The van der Waals surface area contributed by atoms with Gasteiger partial charge in [0.2, 0.25) is 0 Å². The number of carbonyl (C=O) groups excluding carboxylic acids is 2. The van der Waals surface area contributed by atoms with Crippen molar-refractivity contribution in [2.24, 2.45) is 0 Å². The highest BCUT2D eigenvalue weighted by atomic mass is 35.5. The first-order valence-electron chi connectivity index (χ1n) is 12.6. The van der Waals surface area contributed by atoms with E-state index in [0.717, 1.165) is 29.2 Å². The Morgan fingerprint density at radius 1 is 0.949 bits per heavy atom. The number of aromatic nitrogens is 3. The number of benzene rings is 3. The second-order valence-electron chi connectivity index (χ2n) is 9.72. The molecule has 1 amide bonds. The third-order valence-corrected chi connectivity index (χ3v) is 7.59. The number of likely N-dealkylation sites (tertiary alicyclic amines) is 1. The molecule has 39 heavy (non-hydrogen) atoms. The van der Waals surface area contributed by atoms with Gasteiger partial charge in [0, 0.05) is 35.7 Å². The maximum absolute atomic E-state index is 14.2. The molecule has 6 rings (SSSR count). The average molecular weight is 549 g/mol. The molecule has 1 saturated heterocycles. The van der Waals surface area contributed by atoms with Crippen LogP contribution in [0.5, 0.6) is 0 Å². The Kier molecular flexibility index (Phi) is 6.31. The van der Waals surface area contributed by atoms with Crippen molar-refractivity contribution >= 4 is 45.2 Å². The highest BCUT2D eigenvalue weighted by Crippen LogP contribution is 2.30. The zero-order chi connectivity index (χ0) is 27.3. The molecule has 0 atom stereocenters. The lowest BCUT2D eigenvalue weighted by Gasteiger charge is -2.32. The summed E-state index contributed by atoms with van der Waals surface area (Å²) >= 11 is 6.21. The van der Waals surface area contributed by atoms with Crippen LogP contribution in [0.1, 0.15) is 39.6 Å². The van der Waals surface area contributed by atoms with Crippen molar-refractivity contribution in [1.82, 2.24) is 19.0 Å². The molecule has 3 aromatic carbocycles. The second kappa shape index (κ2) is 9.81. The lowest BCUT2D eigenvalue weighted by Crippen LogP contribution is -2.40. The Morgan fingerprint density at radius 2 is 1.72 bits per heavy atom. The third kappa shape index (κ3) is 4.52. The molecule has 0 radical (unpaired) electrons. The van der Waals surface area contributed by atoms with Gasteiger partial charge in [-0.15, -0.1) is 0 Å². The Hall–Kier alpha value is -4.24. The van der Waals surface area contributed by atoms with Gasteiger partial charge in [-0.3, -0.25) is 14.2 Å². The monoisotopic (exact) mass is 548 g/mol. The summed E-state index contributed by atoms with van der Waals surface area (Å²) in [5.74, 6) is -2.37. The molecule has 0 aliphatic carbocycles. The number of fused-ring (bicyclic) bond motifs is 2. The Balaban J connectivity index is 1.26. The van der Waals surface area contributed by atoms with E-state index in [9.17, 15) is 23.2 Å². The van der Waals surface area contributed by atoms with Gasteiger partial charge in [-0.25, -0.2) is 13.6 Å². The molecular formula is C29H23ClF2N4O3. The number of ketones is 1. The van der Waals surface area contributed by atoms with Crippen LogP contribution in [-0.4, -0.2) is 43.8 Å². The van der Waals surface area contributed by atoms with Crippen LogP contribution in [0.2, 0.25) is 5.02 Å².